The van der Waals surface area contributed by atoms with Gasteiger partial charge in [0.25, 0.3) is 5.91 Å². The van der Waals surface area contributed by atoms with Crippen LogP contribution in [0.1, 0.15) is 61.3 Å². The number of benzene rings is 2. The number of nitrogens with zero attached hydrogens (tertiary/aromatic N) is 4. The summed E-state index contributed by atoms with van der Waals surface area (Å²) in [6.07, 6.45) is 0. The number of phenolic OH excluding ortho intramolecular Hbond substituents is 2. The van der Waals surface area contributed by atoms with Gasteiger partial charge in [-0.25, -0.2) is 9.48 Å². The average Bonchev–Trinajstić information content (AvgIpc) is 3.35. The van der Waals surface area contributed by atoms with Gasteiger partial charge < -0.3 is 25.0 Å². The molecule has 0 bridgehead atoms. The highest BCUT2D eigenvalue weighted by atomic mass is 16.5. The first-order valence-corrected chi connectivity index (χ1v) is 13.2. The molecule has 1 amide bonds. The maximum atomic E-state index is 12.9. The zero-order valence-corrected chi connectivity index (χ0v) is 22.7. The summed E-state index contributed by atoms with van der Waals surface area (Å²) in [5.41, 5.74) is 2.68. The molecule has 2 heterocycles. The molecule has 0 saturated carbocycles. The van der Waals surface area contributed by atoms with Gasteiger partial charge in [0.15, 0.2) is 5.69 Å². The lowest BCUT2D eigenvalue weighted by molar-refractivity contribution is -0.151. The second kappa shape index (κ2) is 12.3. The molecule has 3 N–H and O–H groups in total. The van der Waals surface area contributed by atoms with Crippen LogP contribution in [0.15, 0.2) is 36.4 Å². The SMILES string of the molecule is CCNC(=O)c1nnn(-c2cc(C(C)C)c(O)cc2O)c1-c1ccc(C(C(=O)OCC)N2CCOCC2)cc1. The molecule has 1 aliphatic rings. The van der Waals surface area contributed by atoms with Crippen LogP contribution in [0, 0.1) is 0 Å². The molecule has 1 atom stereocenters. The predicted molar refractivity (Wildman–Crippen MR) is 144 cm³/mol. The highest BCUT2D eigenvalue weighted by Gasteiger charge is 2.31. The summed E-state index contributed by atoms with van der Waals surface area (Å²) in [5, 5.41) is 32.2. The molecule has 39 heavy (non-hydrogen) atoms. The Kier molecular flexibility index (Phi) is 8.82. The Balaban J connectivity index is 1.81. The molecule has 0 radical (unpaired) electrons. The van der Waals surface area contributed by atoms with Crippen LogP contribution >= 0.6 is 0 Å². The van der Waals surface area contributed by atoms with Gasteiger partial charge in [-0.15, -0.1) is 5.10 Å². The molecule has 0 aliphatic carbocycles. The van der Waals surface area contributed by atoms with E-state index < -0.39 is 11.9 Å². The summed E-state index contributed by atoms with van der Waals surface area (Å²) in [7, 11) is 0. The van der Waals surface area contributed by atoms with E-state index in [0.717, 1.165) is 5.56 Å². The molecule has 4 rings (SSSR count). The molecule has 208 valence electrons. The molecule has 3 aromatic rings. The maximum absolute atomic E-state index is 12.9. The van der Waals surface area contributed by atoms with Crippen molar-refractivity contribution in [3.05, 3.63) is 53.2 Å². The number of morpholine rings is 1. The van der Waals surface area contributed by atoms with Crippen molar-refractivity contribution in [3.63, 3.8) is 0 Å². The van der Waals surface area contributed by atoms with Gasteiger partial charge in [-0.1, -0.05) is 43.3 Å². The number of carbonyl (C=O) groups is 2. The Morgan fingerprint density at radius 2 is 1.77 bits per heavy atom. The van der Waals surface area contributed by atoms with E-state index in [-0.39, 0.29) is 41.4 Å². The van der Waals surface area contributed by atoms with Gasteiger partial charge in [-0.2, -0.15) is 0 Å². The molecule has 1 saturated heterocycles. The molecule has 1 fully saturated rings. The minimum Gasteiger partial charge on any atom is -0.508 e. The Morgan fingerprint density at radius 3 is 2.38 bits per heavy atom. The van der Waals surface area contributed by atoms with Gasteiger partial charge in [0.05, 0.1) is 19.8 Å². The number of hydrogen-bond acceptors (Lipinski definition) is 9. The number of hydrogen-bond donors (Lipinski definition) is 3. The van der Waals surface area contributed by atoms with Gasteiger partial charge in [-0.3, -0.25) is 9.69 Å². The average molecular weight is 538 g/mol. The van der Waals surface area contributed by atoms with Crippen LogP contribution in [0.25, 0.3) is 16.9 Å². The fourth-order valence-corrected chi connectivity index (χ4v) is 4.70. The van der Waals surface area contributed by atoms with E-state index in [1.807, 2.05) is 30.9 Å². The number of aromatic nitrogens is 3. The number of rotatable bonds is 9. The number of ether oxygens (including phenoxy) is 2. The monoisotopic (exact) mass is 537 g/mol. The van der Waals surface area contributed by atoms with Crippen molar-refractivity contribution in [2.45, 2.75) is 39.7 Å². The number of carbonyl (C=O) groups excluding carboxylic acids is 2. The first-order chi connectivity index (χ1) is 18.8. The van der Waals surface area contributed by atoms with Gasteiger partial charge >= 0.3 is 5.97 Å². The zero-order valence-electron chi connectivity index (χ0n) is 22.7. The summed E-state index contributed by atoms with van der Waals surface area (Å²) in [5.74, 6) is -1.02. The maximum Gasteiger partial charge on any atom is 0.328 e. The van der Waals surface area contributed by atoms with Crippen molar-refractivity contribution in [2.75, 3.05) is 39.5 Å². The zero-order chi connectivity index (χ0) is 28.1. The minimum absolute atomic E-state index is 0.0292. The van der Waals surface area contributed by atoms with Gasteiger partial charge in [0, 0.05) is 31.3 Å². The topological polar surface area (TPSA) is 139 Å². The largest absolute Gasteiger partial charge is 0.508 e. The summed E-state index contributed by atoms with van der Waals surface area (Å²) in [6.45, 7) is 10.3. The highest BCUT2D eigenvalue weighted by molar-refractivity contribution is 5.98. The summed E-state index contributed by atoms with van der Waals surface area (Å²) in [4.78, 5) is 27.9. The number of amides is 1. The summed E-state index contributed by atoms with van der Waals surface area (Å²) < 4.78 is 12.2. The van der Waals surface area contributed by atoms with E-state index in [9.17, 15) is 19.8 Å². The molecule has 1 unspecified atom stereocenters. The summed E-state index contributed by atoms with van der Waals surface area (Å²) in [6, 6.07) is 9.53. The molecular formula is C28H35N5O6. The van der Waals surface area contributed by atoms with Crippen LogP contribution in [0.2, 0.25) is 0 Å². The summed E-state index contributed by atoms with van der Waals surface area (Å²) >= 11 is 0. The third kappa shape index (κ3) is 5.89. The van der Waals surface area contributed by atoms with E-state index in [2.05, 4.69) is 15.6 Å². The van der Waals surface area contributed by atoms with E-state index in [1.165, 1.54) is 10.7 Å². The van der Waals surface area contributed by atoms with Gasteiger partial charge in [0.1, 0.15) is 28.9 Å². The third-order valence-electron chi connectivity index (χ3n) is 6.62. The van der Waals surface area contributed by atoms with Crippen LogP contribution in [-0.4, -0.2) is 81.4 Å². The van der Waals surface area contributed by atoms with Crippen LogP contribution in [0.5, 0.6) is 11.5 Å². The number of aromatic hydroxyl groups is 2. The molecular weight excluding hydrogens is 502 g/mol. The van der Waals surface area contributed by atoms with Crippen LogP contribution < -0.4 is 5.32 Å². The third-order valence-corrected chi connectivity index (χ3v) is 6.62. The smallest absolute Gasteiger partial charge is 0.328 e. The van der Waals surface area contributed by atoms with Gasteiger partial charge in [0.2, 0.25) is 0 Å². The molecule has 2 aromatic carbocycles. The van der Waals surface area contributed by atoms with Crippen LogP contribution in [-0.2, 0) is 14.3 Å². The second-order valence-electron chi connectivity index (χ2n) is 9.54. The quantitative estimate of drug-likeness (QED) is 0.351. The van der Waals surface area contributed by atoms with Crippen molar-refractivity contribution in [2.24, 2.45) is 0 Å². The normalized spacial score (nSPS) is 14.8. The number of esters is 1. The Bertz CT molecular complexity index is 1310. The van der Waals surface area contributed by atoms with Crippen molar-refractivity contribution >= 4 is 11.9 Å². The van der Waals surface area contributed by atoms with E-state index in [0.29, 0.717) is 49.7 Å². The van der Waals surface area contributed by atoms with Crippen molar-refractivity contribution in [1.29, 1.82) is 0 Å². The van der Waals surface area contributed by atoms with Crippen molar-refractivity contribution < 1.29 is 29.3 Å². The molecule has 1 aromatic heterocycles. The first-order valence-electron chi connectivity index (χ1n) is 13.2. The van der Waals surface area contributed by atoms with Crippen molar-refractivity contribution in [1.82, 2.24) is 25.2 Å². The van der Waals surface area contributed by atoms with Gasteiger partial charge in [-0.05, 0) is 37.0 Å². The second-order valence-corrected chi connectivity index (χ2v) is 9.54. The molecule has 11 heteroatoms. The van der Waals surface area contributed by atoms with E-state index in [4.69, 9.17) is 9.47 Å². The standard InChI is InChI=1S/C28H35N5O6/c1-5-29-27(36)24-25(33(31-30-24)21-15-20(17(3)4)22(34)16-23(21)35)18-7-9-19(10-8-18)26(28(37)39-6-2)32-11-13-38-14-12-32/h7-10,15-17,26,34-35H,5-6,11-14H2,1-4H3,(H,29,36). The highest BCUT2D eigenvalue weighted by Crippen LogP contribution is 2.37. The van der Waals surface area contributed by atoms with Crippen LogP contribution in [0.3, 0.4) is 0 Å². The minimum atomic E-state index is -0.594. The number of phenols is 2. The molecule has 0 spiro atoms. The van der Waals surface area contributed by atoms with Crippen LogP contribution in [0.4, 0.5) is 0 Å². The van der Waals surface area contributed by atoms with Crippen molar-refractivity contribution in [3.8, 4) is 28.4 Å². The van der Waals surface area contributed by atoms with E-state index >= 15 is 0 Å². The fourth-order valence-electron chi connectivity index (χ4n) is 4.70. The molecule has 11 nitrogen and oxygen atoms in total. The first kappa shape index (κ1) is 28.1. The lowest BCUT2D eigenvalue weighted by atomic mass is 9.99. The lowest BCUT2D eigenvalue weighted by Gasteiger charge is -2.33. The Labute approximate surface area is 227 Å². The Morgan fingerprint density at radius 1 is 1.08 bits per heavy atom. The molecule has 1 aliphatic heterocycles. The van der Waals surface area contributed by atoms with E-state index in [1.54, 1.807) is 32.0 Å². The lowest BCUT2D eigenvalue weighted by Crippen LogP contribution is -2.42. The predicted octanol–water partition coefficient (Wildman–Crippen LogP) is 3.16. The fraction of sp³-hybridized carbons (Fsp3) is 0.429. The number of nitrogens with one attached hydrogen (secondary N) is 1. The Hall–Kier alpha value is -3.96.